The number of benzene rings is 1. The van der Waals surface area contributed by atoms with E-state index in [-0.39, 0.29) is 0 Å². The van der Waals surface area contributed by atoms with Gasteiger partial charge in [0.1, 0.15) is 5.54 Å². The van der Waals surface area contributed by atoms with Crippen LogP contribution in [0.1, 0.15) is 25.8 Å². The lowest BCUT2D eigenvalue weighted by molar-refractivity contribution is 0.135. The van der Waals surface area contributed by atoms with Crippen molar-refractivity contribution in [2.24, 2.45) is 11.7 Å². The second-order valence-corrected chi connectivity index (χ2v) is 5.89. The largest absolute Gasteiger partial charge is 0.383 e. The van der Waals surface area contributed by atoms with E-state index in [1.54, 1.807) is 7.11 Å². The molecule has 1 atom stereocenters. The third-order valence-corrected chi connectivity index (χ3v) is 3.55. The standard InChI is InChI=1S/C17H27N3O/c1-15(2)13-20(11-12-21-3)10-9-17(19,14-18)16-7-5-4-6-8-16/h4-8,15H,9-13,19H2,1-3H3. The van der Waals surface area contributed by atoms with Crippen LogP contribution in [0.25, 0.3) is 0 Å². The zero-order valence-electron chi connectivity index (χ0n) is 13.4. The van der Waals surface area contributed by atoms with Gasteiger partial charge in [-0.15, -0.1) is 0 Å². The zero-order valence-corrected chi connectivity index (χ0v) is 13.4. The lowest BCUT2D eigenvalue weighted by atomic mass is 9.89. The first-order valence-corrected chi connectivity index (χ1v) is 7.49. The van der Waals surface area contributed by atoms with E-state index in [1.165, 1.54) is 0 Å². The topological polar surface area (TPSA) is 62.3 Å². The maximum atomic E-state index is 9.49. The minimum absolute atomic E-state index is 0.577. The van der Waals surface area contributed by atoms with Crippen LogP contribution in [0.3, 0.4) is 0 Å². The molecule has 0 bridgehead atoms. The van der Waals surface area contributed by atoms with Crippen molar-refractivity contribution in [1.29, 1.82) is 5.26 Å². The van der Waals surface area contributed by atoms with Gasteiger partial charge in [-0.3, -0.25) is 0 Å². The molecule has 4 nitrogen and oxygen atoms in total. The van der Waals surface area contributed by atoms with Crippen molar-refractivity contribution in [2.75, 3.05) is 33.4 Å². The minimum atomic E-state index is -0.927. The van der Waals surface area contributed by atoms with Crippen molar-refractivity contribution >= 4 is 0 Å². The van der Waals surface area contributed by atoms with Crippen molar-refractivity contribution < 1.29 is 4.74 Å². The van der Waals surface area contributed by atoms with E-state index in [1.807, 2.05) is 30.3 Å². The van der Waals surface area contributed by atoms with Crippen molar-refractivity contribution in [3.05, 3.63) is 35.9 Å². The highest BCUT2D eigenvalue weighted by molar-refractivity contribution is 5.30. The molecule has 0 amide bonds. The van der Waals surface area contributed by atoms with Gasteiger partial charge in [0.05, 0.1) is 12.7 Å². The monoisotopic (exact) mass is 289 g/mol. The summed E-state index contributed by atoms with van der Waals surface area (Å²) in [5, 5.41) is 9.49. The highest BCUT2D eigenvalue weighted by Crippen LogP contribution is 2.21. The van der Waals surface area contributed by atoms with Crippen molar-refractivity contribution in [3.8, 4) is 6.07 Å². The van der Waals surface area contributed by atoms with Crippen LogP contribution in [0.2, 0.25) is 0 Å². The Hall–Kier alpha value is -1.41. The predicted octanol–water partition coefficient (Wildman–Crippen LogP) is 2.36. The maximum Gasteiger partial charge on any atom is 0.131 e. The third-order valence-electron chi connectivity index (χ3n) is 3.55. The van der Waals surface area contributed by atoms with Gasteiger partial charge in [-0.2, -0.15) is 5.26 Å². The van der Waals surface area contributed by atoms with Gasteiger partial charge in [-0.05, 0) is 17.9 Å². The first kappa shape index (κ1) is 17.6. The van der Waals surface area contributed by atoms with Gasteiger partial charge in [0, 0.05) is 26.7 Å². The Kier molecular flexibility index (Phi) is 7.38. The molecule has 0 aromatic heterocycles. The summed E-state index contributed by atoms with van der Waals surface area (Å²) >= 11 is 0. The number of nitrogens with two attached hydrogens (primary N) is 1. The lowest BCUT2D eigenvalue weighted by Crippen LogP contribution is -2.41. The molecule has 0 aliphatic rings. The highest BCUT2D eigenvalue weighted by atomic mass is 16.5. The van der Waals surface area contributed by atoms with Gasteiger partial charge in [0.2, 0.25) is 0 Å². The summed E-state index contributed by atoms with van der Waals surface area (Å²) < 4.78 is 5.16. The average Bonchev–Trinajstić information content (AvgIpc) is 2.50. The number of hydrogen-bond donors (Lipinski definition) is 1. The number of hydrogen-bond acceptors (Lipinski definition) is 4. The highest BCUT2D eigenvalue weighted by Gasteiger charge is 2.27. The van der Waals surface area contributed by atoms with Gasteiger partial charge in [-0.25, -0.2) is 0 Å². The Labute approximate surface area is 128 Å². The summed E-state index contributed by atoms with van der Waals surface area (Å²) in [7, 11) is 1.71. The summed E-state index contributed by atoms with van der Waals surface area (Å²) in [6.45, 7) is 7.72. The smallest absolute Gasteiger partial charge is 0.131 e. The van der Waals surface area contributed by atoms with Crippen molar-refractivity contribution in [3.63, 3.8) is 0 Å². The number of methoxy groups -OCH3 is 1. The summed E-state index contributed by atoms with van der Waals surface area (Å²) in [6.07, 6.45) is 0.615. The molecular weight excluding hydrogens is 262 g/mol. The molecule has 0 saturated carbocycles. The molecule has 0 aliphatic carbocycles. The summed E-state index contributed by atoms with van der Waals surface area (Å²) in [5.41, 5.74) is 6.26. The maximum absolute atomic E-state index is 9.49. The van der Waals surface area contributed by atoms with Gasteiger partial charge in [0.25, 0.3) is 0 Å². The molecule has 4 heteroatoms. The molecule has 0 radical (unpaired) electrons. The molecule has 1 unspecified atom stereocenters. The van der Waals surface area contributed by atoms with E-state index in [0.29, 0.717) is 18.9 Å². The normalized spacial score (nSPS) is 14.1. The molecule has 1 aromatic carbocycles. The van der Waals surface area contributed by atoms with Gasteiger partial charge >= 0.3 is 0 Å². The first-order valence-electron chi connectivity index (χ1n) is 7.49. The van der Waals surface area contributed by atoms with Crippen LogP contribution in [0.5, 0.6) is 0 Å². The molecule has 0 fully saturated rings. The van der Waals surface area contributed by atoms with Crippen LogP contribution in [0.15, 0.2) is 30.3 Å². The molecule has 21 heavy (non-hydrogen) atoms. The van der Waals surface area contributed by atoms with Gasteiger partial charge < -0.3 is 15.4 Å². The van der Waals surface area contributed by atoms with Gasteiger partial charge in [0.15, 0.2) is 0 Å². The molecule has 0 spiro atoms. The van der Waals surface area contributed by atoms with E-state index in [0.717, 1.165) is 25.2 Å². The number of ether oxygens (including phenoxy) is 1. The summed E-state index contributed by atoms with van der Waals surface area (Å²) in [5.74, 6) is 0.577. The van der Waals surface area contributed by atoms with Crippen molar-refractivity contribution in [2.45, 2.75) is 25.8 Å². The van der Waals surface area contributed by atoms with Gasteiger partial charge in [-0.1, -0.05) is 44.2 Å². The molecule has 0 saturated heterocycles. The van der Waals surface area contributed by atoms with E-state index in [4.69, 9.17) is 10.5 Å². The molecule has 1 rings (SSSR count). The van der Waals surface area contributed by atoms with Crippen LogP contribution in [-0.2, 0) is 10.3 Å². The SMILES string of the molecule is COCCN(CCC(N)(C#N)c1ccccc1)CC(C)C. The fourth-order valence-electron chi connectivity index (χ4n) is 2.37. The molecule has 2 N–H and O–H groups in total. The van der Waals surface area contributed by atoms with Crippen LogP contribution in [-0.4, -0.2) is 38.3 Å². The molecule has 0 heterocycles. The quantitative estimate of drug-likeness (QED) is 0.758. The molecular formula is C17H27N3O. The van der Waals surface area contributed by atoms with Crippen molar-refractivity contribution in [1.82, 2.24) is 4.90 Å². The Morgan fingerprint density at radius 3 is 2.48 bits per heavy atom. The third kappa shape index (κ3) is 5.84. The molecule has 0 aliphatic heterocycles. The Bertz CT molecular complexity index is 441. The van der Waals surface area contributed by atoms with Crippen LogP contribution < -0.4 is 5.73 Å². The zero-order chi connectivity index (χ0) is 15.7. The van der Waals surface area contributed by atoms with E-state index in [2.05, 4.69) is 24.8 Å². The average molecular weight is 289 g/mol. The Morgan fingerprint density at radius 1 is 1.29 bits per heavy atom. The Morgan fingerprint density at radius 2 is 1.95 bits per heavy atom. The van der Waals surface area contributed by atoms with E-state index < -0.39 is 5.54 Å². The fourth-order valence-corrected chi connectivity index (χ4v) is 2.37. The second-order valence-electron chi connectivity index (χ2n) is 5.89. The van der Waals surface area contributed by atoms with Crippen LogP contribution in [0.4, 0.5) is 0 Å². The number of nitrogens with zero attached hydrogens (tertiary/aromatic N) is 2. The lowest BCUT2D eigenvalue weighted by Gasteiger charge is -2.28. The summed E-state index contributed by atoms with van der Waals surface area (Å²) in [6, 6.07) is 11.9. The number of rotatable bonds is 9. The summed E-state index contributed by atoms with van der Waals surface area (Å²) in [4.78, 5) is 2.32. The second kappa shape index (κ2) is 8.78. The Balaban J connectivity index is 2.69. The van der Waals surface area contributed by atoms with Crippen LogP contribution >= 0.6 is 0 Å². The van der Waals surface area contributed by atoms with E-state index in [9.17, 15) is 5.26 Å². The molecule has 116 valence electrons. The fraction of sp³-hybridized carbons (Fsp3) is 0.588. The van der Waals surface area contributed by atoms with E-state index >= 15 is 0 Å². The minimum Gasteiger partial charge on any atom is -0.383 e. The van der Waals surface area contributed by atoms with Crippen LogP contribution in [0, 0.1) is 17.2 Å². The first-order chi connectivity index (χ1) is 10.0. The number of nitriles is 1. The predicted molar refractivity (Wildman–Crippen MR) is 85.7 cm³/mol. The molecule has 1 aromatic rings.